The summed E-state index contributed by atoms with van der Waals surface area (Å²) < 4.78 is 55.8. The molecule has 0 atom stereocenters. The summed E-state index contributed by atoms with van der Waals surface area (Å²) in [6.45, 7) is 18.3. The van der Waals surface area contributed by atoms with Crippen molar-refractivity contribution in [1.82, 2.24) is 83.9 Å². The molecule has 20 heteroatoms. The summed E-state index contributed by atoms with van der Waals surface area (Å²) in [6, 6.07) is 44.1. The van der Waals surface area contributed by atoms with E-state index in [4.69, 9.17) is 54.8 Å². The molecule has 0 N–H and O–H groups in total. The zero-order chi connectivity index (χ0) is 61.3. The highest BCUT2D eigenvalue weighted by atomic mass is 19.4. The summed E-state index contributed by atoms with van der Waals surface area (Å²) in [5.74, 6) is 6.58. The fourth-order valence-electron chi connectivity index (χ4n) is 11.4. The van der Waals surface area contributed by atoms with Gasteiger partial charge in [0.15, 0.2) is 40.8 Å². The minimum atomic E-state index is -5.03. The van der Waals surface area contributed by atoms with Gasteiger partial charge in [-0.15, -0.1) is 0 Å². The number of halogens is 3. The maximum atomic E-state index is 17.5. The van der Waals surface area contributed by atoms with Crippen molar-refractivity contribution in [2.45, 2.75) is 75.4 Å². The molecule has 0 saturated carbocycles. The molecule has 0 amide bonds. The van der Waals surface area contributed by atoms with E-state index < -0.39 is 11.7 Å². The van der Waals surface area contributed by atoms with E-state index in [0.29, 0.717) is 159 Å². The van der Waals surface area contributed by atoms with Gasteiger partial charge in [-0.25, -0.2) is 74.8 Å². The molecule has 7 aromatic carbocycles. The SMILES string of the molecule is CC.Cc1nc(C)nc(-c2ccc3c(c2)c2cc(-c4nc(C)nc(C)n4)ccc2n3-c2cc(-c3nc(-c4ccccc4)nc(-c4ccccc4)n3)cc(-n3c4ccc(-c5nc(C)nc(C)n5)cc4c4cc(-c5nc(C)nc(C)n5)ccc43)c2C(F)(F)F)n1. The van der Waals surface area contributed by atoms with E-state index >= 15 is 13.2 Å². The van der Waals surface area contributed by atoms with Crippen LogP contribution in [0.15, 0.2) is 146 Å². The summed E-state index contributed by atoms with van der Waals surface area (Å²) in [6.07, 6.45) is -5.03. The van der Waals surface area contributed by atoms with Gasteiger partial charge >= 0.3 is 6.18 Å². The van der Waals surface area contributed by atoms with Crippen molar-refractivity contribution in [2.75, 3.05) is 0 Å². The van der Waals surface area contributed by atoms with E-state index in [2.05, 4.69) is 19.9 Å². The summed E-state index contributed by atoms with van der Waals surface area (Å²) in [7, 11) is 0. The Morgan fingerprint density at radius 1 is 0.261 bits per heavy atom. The maximum Gasteiger partial charge on any atom is 0.420 e. The molecule has 14 rings (SSSR count). The highest BCUT2D eigenvalue weighted by Crippen LogP contribution is 2.47. The van der Waals surface area contributed by atoms with Crippen LogP contribution in [0, 0.1) is 55.4 Å². The zero-order valence-corrected chi connectivity index (χ0v) is 49.6. The predicted octanol–water partition coefficient (Wildman–Crippen LogP) is 15.0. The average Bonchev–Trinajstić information content (AvgIpc) is 1.57. The van der Waals surface area contributed by atoms with Crippen molar-refractivity contribution in [3.05, 3.63) is 198 Å². The van der Waals surface area contributed by atoms with Gasteiger partial charge in [0.1, 0.15) is 52.2 Å². The number of fused-ring (bicyclic) bond motifs is 6. The monoisotopic (exact) mass is 1170 g/mol. The molecular weight excluding hydrogens is 1110 g/mol. The van der Waals surface area contributed by atoms with E-state index in [1.165, 1.54) is 12.1 Å². The quantitative estimate of drug-likeness (QED) is 0.132. The van der Waals surface area contributed by atoms with Crippen molar-refractivity contribution in [3.63, 3.8) is 0 Å². The van der Waals surface area contributed by atoms with Crippen molar-refractivity contribution in [1.29, 1.82) is 0 Å². The molecule has 14 aromatic rings. The van der Waals surface area contributed by atoms with E-state index in [9.17, 15) is 0 Å². The first kappa shape index (κ1) is 56.1. The van der Waals surface area contributed by atoms with Gasteiger partial charge in [0, 0.05) is 60.5 Å². The van der Waals surface area contributed by atoms with Gasteiger partial charge in [-0.2, -0.15) is 13.2 Å². The minimum absolute atomic E-state index is 0.131. The number of benzene rings is 7. The molecule has 17 nitrogen and oxygen atoms in total. The van der Waals surface area contributed by atoms with Crippen molar-refractivity contribution < 1.29 is 13.2 Å². The Hall–Kier alpha value is -11.0. The fraction of sp³-hybridized carbons (Fsp3) is 0.162. The number of hydrogen-bond donors (Lipinski definition) is 0. The molecule has 0 aliphatic rings. The molecule has 88 heavy (non-hydrogen) atoms. The molecular formula is C68H54F3N17. The second-order valence-electron chi connectivity index (χ2n) is 21.0. The van der Waals surface area contributed by atoms with Crippen LogP contribution in [0.2, 0.25) is 0 Å². The Morgan fingerprint density at radius 2 is 0.500 bits per heavy atom. The molecule has 7 heterocycles. The Balaban J connectivity index is 0.00000354. The Kier molecular flexibility index (Phi) is 14.1. The molecule has 0 aliphatic carbocycles. The second-order valence-corrected chi connectivity index (χ2v) is 21.0. The lowest BCUT2D eigenvalue weighted by Crippen LogP contribution is -2.16. The summed E-state index contributed by atoms with van der Waals surface area (Å²) in [5, 5.41) is 2.44. The smallest absolute Gasteiger partial charge is 0.309 e. The molecule has 432 valence electrons. The van der Waals surface area contributed by atoms with Gasteiger partial charge in [-0.05, 0) is 140 Å². The topological polar surface area (TPSA) is 203 Å². The first-order valence-electron chi connectivity index (χ1n) is 28.5. The van der Waals surface area contributed by atoms with Crippen molar-refractivity contribution >= 4 is 43.6 Å². The lowest BCUT2D eigenvalue weighted by Gasteiger charge is -2.23. The van der Waals surface area contributed by atoms with Crippen LogP contribution in [-0.4, -0.2) is 83.9 Å². The lowest BCUT2D eigenvalue weighted by molar-refractivity contribution is -0.137. The highest BCUT2D eigenvalue weighted by molar-refractivity contribution is 6.13. The third kappa shape index (κ3) is 10.4. The third-order valence-corrected chi connectivity index (χ3v) is 14.8. The number of aryl methyl sites for hydroxylation is 8. The Labute approximate surface area is 502 Å². The molecule has 0 aliphatic heterocycles. The molecule has 0 radical (unpaired) electrons. The van der Waals surface area contributed by atoms with Crippen molar-refractivity contribution in [2.24, 2.45) is 0 Å². The second kappa shape index (κ2) is 22.1. The van der Waals surface area contributed by atoms with Gasteiger partial charge in [0.2, 0.25) is 0 Å². The van der Waals surface area contributed by atoms with E-state index in [0.717, 1.165) is 0 Å². The third-order valence-electron chi connectivity index (χ3n) is 14.8. The standard InChI is InChI=1S/C66H48F3N17.C2H6/c1-33-70-34(2)75-61(74-33)43-19-23-52-48(27-43)49-28-44(62-76-35(3)71-36(4)77-62)20-24-53(49)85(52)56-31-47(65-83-59(41-15-11-9-12-16-41)82-60(84-65)42-17-13-10-14-18-42)32-57(58(56)66(67,68)69)86-54-25-21-45(63-78-37(5)72-38(6)79-63)29-50(54)51-30-46(22-26-55(51)86)64-80-39(7)73-40(8)81-64;1-2/h9-32H,1-8H3;1-2H3. The zero-order valence-electron chi connectivity index (χ0n) is 49.6. The number of nitrogens with zero attached hydrogens (tertiary/aromatic N) is 17. The van der Waals surface area contributed by atoms with Crippen LogP contribution in [0.1, 0.15) is 66.0 Å². The van der Waals surface area contributed by atoms with Gasteiger partial charge < -0.3 is 9.13 Å². The van der Waals surface area contributed by atoms with Gasteiger partial charge in [-0.1, -0.05) is 74.5 Å². The van der Waals surface area contributed by atoms with Gasteiger partial charge in [0.25, 0.3) is 0 Å². The van der Waals surface area contributed by atoms with Gasteiger partial charge in [0.05, 0.1) is 33.4 Å². The Bertz CT molecular complexity index is 4500. The highest BCUT2D eigenvalue weighted by Gasteiger charge is 2.40. The molecule has 0 unspecified atom stereocenters. The van der Waals surface area contributed by atoms with Crippen LogP contribution in [0.25, 0.3) is 135 Å². The maximum absolute atomic E-state index is 17.5. The van der Waals surface area contributed by atoms with Crippen LogP contribution in [0.4, 0.5) is 13.2 Å². The first-order chi connectivity index (χ1) is 42.5. The van der Waals surface area contributed by atoms with Crippen LogP contribution in [0.5, 0.6) is 0 Å². The van der Waals surface area contributed by atoms with Crippen LogP contribution >= 0.6 is 0 Å². The number of hydrogen-bond acceptors (Lipinski definition) is 15. The molecule has 0 spiro atoms. The van der Waals surface area contributed by atoms with E-state index in [1.807, 2.05) is 147 Å². The fourth-order valence-corrected chi connectivity index (χ4v) is 11.4. The number of alkyl halides is 3. The largest absolute Gasteiger partial charge is 0.420 e. The first-order valence-corrected chi connectivity index (χ1v) is 28.5. The molecule has 0 fully saturated rings. The van der Waals surface area contributed by atoms with Crippen molar-refractivity contribution in [3.8, 4) is 91.1 Å². The number of aromatic nitrogens is 17. The molecule has 0 saturated heterocycles. The van der Waals surface area contributed by atoms with Crippen LogP contribution in [-0.2, 0) is 6.18 Å². The summed E-state index contributed by atoms with van der Waals surface area (Å²) in [4.78, 5) is 70.4. The normalized spacial score (nSPS) is 11.7. The molecule has 7 aromatic heterocycles. The average molecular weight is 1170 g/mol. The van der Waals surface area contributed by atoms with Crippen LogP contribution in [0.3, 0.4) is 0 Å². The van der Waals surface area contributed by atoms with Crippen LogP contribution < -0.4 is 0 Å². The van der Waals surface area contributed by atoms with E-state index in [1.54, 1.807) is 64.5 Å². The minimum Gasteiger partial charge on any atom is -0.309 e. The lowest BCUT2D eigenvalue weighted by atomic mass is 10.0. The number of rotatable bonds is 9. The van der Waals surface area contributed by atoms with E-state index in [-0.39, 0.29) is 22.8 Å². The summed E-state index contributed by atoms with van der Waals surface area (Å²) >= 11 is 0. The molecule has 0 bridgehead atoms. The Morgan fingerprint density at radius 3 is 0.750 bits per heavy atom. The summed E-state index contributed by atoms with van der Waals surface area (Å²) in [5.41, 5.74) is 4.62. The predicted molar refractivity (Wildman–Crippen MR) is 334 cm³/mol. The van der Waals surface area contributed by atoms with Gasteiger partial charge in [-0.3, -0.25) is 0 Å².